The first-order valence-corrected chi connectivity index (χ1v) is 9.91. The SMILES string of the molecule is CS(=O)(=O)OCCC1CCN(CC2CCCCC2)CC1. The van der Waals surface area contributed by atoms with Crippen LogP contribution < -0.4 is 0 Å². The first-order valence-electron chi connectivity index (χ1n) is 8.10. The highest BCUT2D eigenvalue weighted by Crippen LogP contribution is 2.27. The number of hydrogen-bond donors (Lipinski definition) is 0. The number of hydrogen-bond acceptors (Lipinski definition) is 4. The maximum atomic E-state index is 10.9. The maximum Gasteiger partial charge on any atom is 0.264 e. The molecule has 0 bridgehead atoms. The van der Waals surface area contributed by atoms with Crippen LogP contribution in [-0.4, -0.2) is 45.8 Å². The van der Waals surface area contributed by atoms with E-state index in [0.717, 1.165) is 18.6 Å². The molecular formula is C15H29NO3S. The fourth-order valence-electron chi connectivity index (χ4n) is 3.56. The highest BCUT2D eigenvalue weighted by Gasteiger charge is 2.22. The molecule has 2 fully saturated rings. The zero-order chi connectivity index (χ0) is 14.4. The van der Waals surface area contributed by atoms with Crippen molar-refractivity contribution in [2.24, 2.45) is 11.8 Å². The van der Waals surface area contributed by atoms with Crippen LogP contribution in [0.2, 0.25) is 0 Å². The van der Waals surface area contributed by atoms with Gasteiger partial charge in [0.2, 0.25) is 0 Å². The highest BCUT2D eigenvalue weighted by atomic mass is 32.2. The molecule has 20 heavy (non-hydrogen) atoms. The summed E-state index contributed by atoms with van der Waals surface area (Å²) in [5.41, 5.74) is 0. The summed E-state index contributed by atoms with van der Waals surface area (Å²) in [6.07, 6.45) is 11.5. The summed E-state index contributed by atoms with van der Waals surface area (Å²) in [7, 11) is -3.27. The smallest absolute Gasteiger partial charge is 0.264 e. The van der Waals surface area contributed by atoms with E-state index in [-0.39, 0.29) is 0 Å². The minimum atomic E-state index is -3.27. The normalized spacial score (nSPS) is 24.1. The van der Waals surface area contributed by atoms with Gasteiger partial charge in [-0.1, -0.05) is 19.3 Å². The summed E-state index contributed by atoms with van der Waals surface area (Å²) in [6, 6.07) is 0. The van der Waals surface area contributed by atoms with E-state index < -0.39 is 10.1 Å². The lowest BCUT2D eigenvalue weighted by molar-refractivity contribution is 0.135. The number of piperidine rings is 1. The summed E-state index contributed by atoms with van der Waals surface area (Å²) in [5, 5.41) is 0. The van der Waals surface area contributed by atoms with Crippen molar-refractivity contribution in [2.45, 2.75) is 51.4 Å². The number of likely N-dealkylation sites (tertiary alicyclic amines) is 1. The molecule has 0 atom stereocenters. The summed E-state index contributed by atoms with van der Waals surface area (Å²) in [6.45, 7) is 4.00. The second kappa shape index (κ2) is 7.76. The molecule has 0 radical (unpaired) electrons. The second-order valence-corrected chi connectivity index (χ2v) is 8.21. The predicted molar refractivity (Wildman–Crippen MR) is 81.2 cm³/mol. The van der Waals surface area contributed by atoms with Crippen molar-refractivity contribution < 1.29 is 12.6 Å². The quantitative estimate of drug-likeness (QED) is 0.708. The lowest BCUT2D eigenvalue weighted by atomic mass is 9.87. The van der Waals surface area contributed by atoms with Gasteiger partial charge in [0.05, 0.1) is 12.9 Å². The summed E-state index contributed by atoms with van der Waals surface area (Å²) < 4.78 is 26.7. The van der Waals surface area contributed by atoms with Crippen LogP contribution >= 0.6 is 0 Å². The van der Waals surface area contributed by atoms with Gasteiger partial charge >= 0.3 is 0 Å². The zero-order valence-corrected chi connectivity index (χ0v) is 13.5. The molecular weight excluding hydrogens is 274 g/mol. The van der Waals surface area contributed by atoms with Crippen LogP contribution in [0, 0.1) is 11.8 Å². The molecule has 4 nitrogen and oxygen atoms in total. The average molecular weight is 303 g/mol. The molecule has 5 heteroatoms. The molecule has 1 saturated heterocycles. The predicted octanol–water partition coefficient (Wildman–Crippen LogP) is 2.65. The van der Waals surface area contributed by atoms with Crippen molar-refractivity contribution in [1.82, 2.24) is 4.90 Å². The Labute approximate surface area is 124 Å². The summed E-state index contributed by atoms with van der Waals surface area (Å²) in [4.78, 5) is 2.61. The summed E-state index contributed by atoms with van der Waals surface area (Å²) in [5.74, 6) is 1.56. The summed E-state index contributed by atoms with van der Waals surface area (Å²) >= 11 is 0. The molecule has 1 aliphatic heterocycles. The Balaban J connectivity index is 1.59. The van der Waals surface area contributed by atoms with E-state index in [1.807, 2.05) is 0 Å². The third-order valence-electron chi connectivity index (χ3n) is 4.77. The molecule has 0 aromatic heterocycles. The van der Waals surface area contributed by atoms with Crippen molar-refractivity contribution in [1.29, 1.82) is 0 Å². The van der Waals surface area contributed by atoms with Gasteiger partial charge in [-0.25, -0.2) is 0 Å². The molecule has 1 heterocycles. The van der Waals surface area contributed by atoms with Gasteiger partial charge in [-0.3, -0.25) is 4.18 Å². The maximum absolute atomic E-state index is 10.9. The molecule has 2 aliphatic rings. The Morgan fingerprint density at radius 3 is 2.25 bits per heavy atom. The Bertz CT molecular complexity index is 369. The molecule has 0 N–H and O–H groups in total. The number of nitrogens with zero attached hydrogens (tertiary/aromatic N) is 1. The van der Waals surface area contributed by atoms with Crippen LogP contribution in [0.4, 0.5) is 0 Å². The molecule has 1 saturated carbocycles. The second-order valence-electron chi connectivity index (χ2n) is 6.56. The zero-order valence-electron chi connectivity index (χ0n) is 12.7. The standard InChI is InChI=1S/C15H29NO3S/c1-20(17,18)19-12-9-14-7-10-16(11-8-14)13-15-5-3-2-4-6-15/h14-15H,2-13H2,1H3. The van der Waals surface area contributed by atoms with Gasteiger partial charge in [0.1, 0.15) is 0 Å². The van der Waals surface area contributed by atoms with Crippen molar-refractivity contribution >= 4 is 10.1 Å². The first-order chi connectivity index (χ1) is 9.53. The van der Waals surface area contributed by atoms with E-state index >= 15 is 0 Å². The van der Waals surface area contributed by atoms with Crippen LogP contribution in [-0.2, 0) is 14.3 Å². The first kappa shape index (κ1) is 16.2. The monoisotopic (exact) mass is 303 g/mol. The van der Waals surface area contributed by atoms with Gasteiger partial charge in [-0.2, -0.15) is 8.42 Å². The molecule has 2 rings (SSSR count). The van der Waals surface area contributed by atoms with Crippen LogP contribution in [0.15, 0.2) is 0 Å². The molecule has 0 unspecified atom stereocenters. The Hall–Kier alpha value is -0.130. The fourth-order valence-corrected chi connectivity index (χ4v) is 3.96. The lowest BCUT2D eigenvalue weighted by Crippen LogP contribution is -2.37. The van der Waals surface area contributed by atoms with Crippen LogP contribution in [0.1, 0.15) is 51.4 Å². The van der Waals surface area contributed by atoms with E-state index in [1.165, 1.54) is 64.6 Å². The number of rotatable bonds is 6. The largest absolute Gasteiger partial charge is 0.303 e. The van der Waals surface area contributed by atoms with Crippen molar-refractivity contribution in [3.05, 3.63) is 0 Å². The van der Waals surface area contributed by atoms with E-state index in [9.17, 15) is 8.42 Å². The van der Waals surface area contributed by atoms with E-state index in [1.54, 1.807) is 0 Å². The molecule has 0 amide bonds. The minimum Gasteiger partial charge on any atom is -0.303 e. The van der Waals surface area contributed by atoms with Gasteiger partial charge in [0.15, 0.2) is 0 Å². The molecule has 0 aromatic rings. The van der Waals surface area contributed by atoms with Crippen molar-refractivity contribution in [2.75, 3.05) is 32.5 Å². The van der Waals surface area contributed by atoms with E-state index in [0.29, 0.717) is 12.5 Å². The average Bonchev–Trinajstić information content (AvgIpc) is 2.41. The third-order valence-corrected chi connectivity index (χ3v) is 5.37. The Morgan fingerprint density at radius 2 is 1.65 bits per heavy atom. The van der Waals surface area contributed by atoms with E-state index in [4.69, 9.17) is 4.18 Å². The van der Waals surface area contributed by atoms with Crippen molar-refractivity contribution in [3.63, 3.8) is 0 Å². The fraction of sp³-hybridized carbons (Fsp3) is 1.00. The lowest BCUT2D eigenvalue weighted by Gasteiger charge is -2.35. The van der Waals surface area contributed by atoms with Crippen LogP contribution in [0.3, 0.4) is 0 Å². The van der Waals surface area contributed by atoms with Gasteiger partial charge < -0.3 is 4.90 Å². The van der Waals surface area contributed by atoms with Gasteiger partial charge in [0.25, 0.3) is 10.1 Å². The van der Waals surface area contributed by atoms with Gasteiger partial charge in [0, 0.05) is 6.54 Å². The van der Waals surface area contributed by atoms with Crippen molar-refractivity contribution in [3.8, 4) is 0 Å². The molecule has 118 valence electrons. The van der Waals surface area contributed by atoms with Gasteiger partial charge in [-0.15, -0.1) is 0 Å². The van der Waals surface area contributed by atoms with Crippen LogP contribution in [0.5, 0.6) is 0 Å². The molecule has 0 aromatic carbocycles. The molecule has 0 spiro atoms. The third kappa shape index (κ3) is 6.10. The van der Waals surface area contributed by atoms with Gasteiger partial charge in [-0.05, 0) is 57.0 Å². The van der Waals surface area contributed by atoms with Crippen LogP contribution in [0.25, 0.3) is 0 Å². The minimum absolute atomic E-state index is 0.353. The topological polar surface area (TPSA) is 46.6 Å². The highest BCUT2D eigenvalue weighted by molar-refractivity contribution is 7.85. The Kier molecular flexibility index (Phi) is 6.30. The Morgan fingerprint density at radius 1 is 1.00 bits per heavy atom. The van der Waals surface area contributed by atoms with E-state index in [2.05, 4.69) is 4.90 Å². The molecule has 1 aliphatic carbocycles.